The zero-order chi connectivity index (χ0) is 13.1. The van der Waals surface area contributed by atoms with Crippen molar-refractivity contribution in [2.45, 2.75) is 0 Å². The van der Waals surface area contributed by atoms with Gasteiger partial charge in [0.1, 0.15) is 23.4 Å². The van der Waals surface area contributed by atoms with Crippen LogP contribution in [0.1, 0.15) is 5.69 Å². The summed E-state index contributed by atoms with van der Waals surface area (Å²) in [5.41, 5.74) is 1.23. The van der Waals surface area contributed by atoms with Crippen molar-refractivity contribution < 1.29 is 9.47 Å². The fourth-order valence-electron chi connectivity index (χ4n) is 1.72. The summed E-state index contributed by atoms with van der Waals surface area (Å²) >= 11 is 0. The summed E-state index contributed by atoms with van der Waals surface area (Å²) in [6.07, 6.45) is 1.68. The highest BCUT2D eigenvalue weighted by Crippen LogP contribution is 2.28. The van der Waals surface area contributed by atoms with E-state index < -0.39 is 0 Å². The van der Waals surface area contributed by atoms with Crippen LogP contribution < -0.4 is 9.47 Å². The minimum atomic E-state index is 0.384. The molecule has 2 rings (SSSR count). The van der Waals surface area contributed by atoms with Crippen LogP contribution >= 0.6 is 0 Å². The van der Waals surface area contributed by atoms with Crippen LogP contribution in [0.5, 0.6) is 11.5 Å². The van der Waals surface area contributed by atoms with Crippen LogP contribution in [0, 0.1) is 11.3 Å². The molecule has 0 aliphatic heterocycles. The Morgan fingerprint density at radius 1 is 1.17 bits per heavy atom. The molecule has 2 aromatic rings. The lowest BCUT2D eigenvalue weighted by Crippen LogP contribution is -1.94. The van der Waals surface area contributed by atoms with E-state index in [1.54, 1.807) is 31.0 Å². The van der Waals surface area contributed by atoms with E-state index in [-0.39, 0.29) is 0 Å². The van der Waals surface area contributed by atoms with Gasteiger partial charge in [-0.3, -0.25) is 0 Å². The lowest BCUT2D eigenvalue weighted by atomic mass is 10.2. The van der Waals surface area contributed by atoms with Gasteiger partial charge in [0.15, 0.2) is 5.69 Å². The number of hydrogen-bond acceptors (Lipinski definition) is 4. The first-order valence-corrected chi connectivity index (χ1v) is 5.35. The molecule has 0 fully saturated rings. The van der Waals surface area contributed by atoms with Crippen LogP contribution in [0.2, 0.25) is 0 Å². The predicted octanol–water partition coefficient (Wildman–Crippen LogP) is 1.98. The first-order valence-electron chi connectivity index (χ1n) is 5.35. The van der Waals surface area contributed by atoms with Gasteiger partial charge in [0.25, 0.3) is 0 Å². The van der Waals surface area contributed by atoms with E-state index in [4.69, 9.17) is 14.7 Å². The summed E-state index contributed by atoms with van der Waals surface area (Å²) in [7, 11) is 5.03. The molecule has 92 valence electrons. The van der Waals surface area contributed by atoms with E-state index in [1.807, 2.05) is 25.2 Å². The molecular formula is C13H13N3O2. The quantitative estimate of drug-likeness (QED) is 0.827. The number of benzene rings is 1. The fraction of sp³-hybridized carbons (Fsp3) is 0.231. The number of hydrogen-bond donors (Lipinski definition) is 0. The lowest BCUT2D eigenvalue weighted by molar-refractivity contribution is 0.394. The van der Waals surface area contributed by atoms with Crippen molar-refractivity contribution in [3.05, 3.63) is 30.1 Å². The molecule has 0 amide bonds. The normalized spacial score (nSPS) is 9.89. The molecule has 1 aromatic carbocycles. The first kappa shape index (κ1) is 12.0. The summed E-state index contributed by atoms with van der Waals surface area (Å²) in [6, 6.07) is 7.52. The Morgan fingerprint density at radius 2 is 1.78 bits per heavy atom. The van der Waals surface area contributed by atoms with Crippen LogP contribution in [0.15, 0.2) is 24.4 Å². The van der Waals surface area contributed by atoms with Gasteiger partial charge in [0, 0.05) is 24.9 Å². The molecular weight excluding hydrogens is 230 g/mol. The average molecular weight is 243 g/mol. The molecule has 5 nitrogen and oxygen atoms in total. The Kier molecular flexibility index (Phi) is 3.20. The van der Waals surface area contributed by atoms with E-state index >= 15 is 0 Å². The van der Waals surface area contributed by atoms with E-state index in [1.165, 1.54) is 0 Å². The Balaban J connectivity index is 2.55. The van der Waals surface area contributed by atoms with Crippen molar-refractivity contribution in [1.29, 1.82) is 5.26 Å². The SMILES string of the molecule is COc1cc(OC)cc(-c2nc(C#N)cn2C)c1. The molecule has 0 bridgehead atoms. The van der Waals surface area contributed by atoms with Gasteiger partial charge in [0.05, 0.1) is 14.2 Å². The Bertz CT molecular complexity index is 589. The molecule has 0 saturated carbocycles. The van der Waals surface area contributed by atoms with Crippen molar-refractivity contribution >= 4 is 0 Å². The summed E-state index contributed by atoms with van der Waals surface area (Å²) in [5, 5.41) is 8.85. The molecule has 0 atom stereocenters. The van der Waals surface area contributed by atoms with Crippen molar-refractivity contribution in [1.82, 2.24) is 9.55 Å². The minimum Gasteiger partial charge on any atom is -0.497 e. The third-order valence-corrected chi connectivity index (χ3v) is 2.60. The summed E-state index contributed by atoms with van der Waals surface area (Å²) in [6.45, 7) is 0. The topological polar surface area (TPSA) is 60.1 Å². The van der Waals surface area contributed by atoms with Crippen LogP contribution in [0.4, 0.5) is 0 Å². The number of methoxy groups -OCH3 is 2. The molecule has 1 heterocycles. The number of rotatable bonds is 3. The van der Waals surface area contributed by atoms with E-state index in [0.29, 0.717) is 23.0 Å². The van der Waals surface area contributed by atoms with Gasteiger partial charge in [-0.05, 0) is 12.1 Å². The third kappa shape index (κ3) is 2.13. The summed E-state index contributed by atoms with van der Waals surface area (Å²) in [5.74, 6) is 2.07. The molecule has 5 heteroatoms. The number of imidazole rings is 1. The number of aryl methyl sites for hydroxylation is 1. The third-order valence-electron chi connectivity index (χ3n) is 2.60. The molecule has 0 unspecified atom stereocenters. The van der Waals surface area contributed by atoms with Crippen LogP contribution in [-0.4, -0.2) is 23.8 Å². The molecule has 0 spiro atoms. The van der Waals surface area contributed by atoms with Crippen molar-refractivity contribution in [2.75, 3.05) is 14.2 Å². The average Bonchev–Trinajstić information content (AvgIpc) is 2.79. The van der Waals surface area contributed by atoms with Crippen LogP contribution in [0.25, 0.3) is 11.4 Å². The molecule has 0 saturated heterocycles. The minimum absolute atomic E-state index is 0.384. The smallest absolute Gasteiger partial charge is 0.159 e. The van der Waals surface area contributed by atoms with Gasteiger partial charge in [0.2, 0.25) is 0 Å². The second-order valence-electron chi connectivity index (χ2n) is 3.77. The summed E-state index contributed by atoms with van der Waals surface area (Å²) < 4.78 is 12.2. The highest BCUT2D eigenvalue weighted by Gasteiger charge is 2.10. The maximum Gasteiger partial charge on any atom is 0.159 e. The Labute approximate surface area is 105 Å². The Morgan fingerprint density at radius 3 is 2.22 bits per heavy atom. The highest BCUT2D eigenvalue weighted by molar-refractivity contribution is 5.62. The standard InChI is InChI=1S/C13H13N3O2/c1-16-8-10(7-14)15-13(16)9-4-11(17-2)6-12(5-9)18-3/h4-6,8H,1-3H3. The first-order chi connectivity index (χ1) is 8.67. The van der Waals surface area contributed by atoms with E-state index in [0.717, 1.165) is 5.56 Å². The number of nitrogens with zero attached hydrogens (tertiary/aromatic N) is 3. The molecule has 1 aromatic heterocycles. The van der Waals surface area contributed by atoms with Gasteiger partial charge >= 0.3 is 0 Å². The number of ether oxygens (including phenoxy) is 2. The van der Waals surface area contributed by atoms with Gasteiger partial charge in [-0.15, -0.1) is 0 Å². The predicted molar refractivity (Wildman–Crippen MR) is 66.5 cm³/mol. The molecule has 0 N–H and O–H groups in total. The molecule has 0 radical (unpaired) electrons. The molecule has 0 aliphatic carbocycles. The monoisotopic (exact) mass is 243 g/mol. The maximum atomic E-state index is 8.85. The van der Waals surface area contributed by atoms with Crippen molar-refractivity contribution in [3.63, 3.8) is 0 Å². The highest BCUT2D eigenvalue weighted by atomic mass is 16.5. The lowest BCUT2D eigenvalue weighted by Gasteiger charge is -2.08. The zero-order valence-corrected chi connectivity index (χ0v) is 10.5. The zero-order valence-electron chi connectivity index (χ0n) is 10.5. The maximum absolute atomic E-state index is 8.85. The van der Waals surface area contributed by atoms with E-state index in [2.05, 4.69) is 4.98 Å². The van der Waals surface area contributed by atoms with Crippen molar-refractivity contribution in [2.24, 2.45) is 7.05 Å². The fourth-order valence-corrected chi connectivity index (χ4v) is 1.72. The van der Waals surface area contributed by atoms with Gasteiger partial charge in [-0.2, -0.15) is 5.26 Å². The number of nitriles is 1. The van der Waals surface area contributed by atoms with Crippen LogP contribution in [0.3, 0.4) is 0 Å². The van der Waals surface area contributed by atoms with Crippen LogP contribution in [-0.2, 0) is 7.05 Å². The van der Waals surface area contributed by atoms with E-state index in [9.17, 15) is 0 Å². The summed E-state index contributed by atoms with van der Waals surface area (Å²) in [4.78, 5) is 4.24. The van der Waals surface area contributed by atoms with Gasteiger partial charge in [-0.1, -0.05) is 0 Å². The van der Waals surface area contributed by atoms with Crippen molar-refractivity contribution in [3.8, 4) is 29.0 Å². The number of aromatic nitrogens is 2. The molecule has 0 aliphatic rings. The van der Waals surface area contributed by atoms with Gasteiger partial charge in [-0.25, -0.2) is 4.98 Å². The largest absolute Gasteiger partial charge is 0.497 e. The second kappa shape index (κ2) is 4.80. The second-order valence-corrected chi connectivity index (χ2v) is 3.77. The Hall–Kier alpha value is -2.48. The van der Waals surface area contributed by atoms with Gasteiger partial charge < -0.3 is 14.0 Å². The molecule has 18 heavy (non-hydrogen) atoms.